The molecule has 2 rings (SSSR count). The summed E-state index contributed by atoms with van der Waals surface area (Å²) in [6.45, 7) is 3.14. The van der Waals surface area contributed by atoms with Gasteiger partial charge in [-0.1, -0.05) is 25.1 Å². The quantitative estimate of drug-likeness (QED) is 0.613. The fraction of sp³-hybridized carbons (Fsp3) is 0.263. The Labute approximate surface area is 173 Å². The van der Waals surface area contributed by atoms with E-state index in [2.05, 4.69) is 16.4 Å². The summed E-state index contributed by atoms with van der Waals surface area (Å²) in [5, 5.41) is 12.4. The van der Waals surface area contributed by atoms with Crippen molar-refractivity contribution in [1.82, 2.24) is 9.71 Å². The number of hydrogen-bond acceptors (Lipinski definition) is 7. The molecule has 8 nitrogen and oxygen atoms in total. The van der Waals surface area contributed by atoms with Crippen LogP contribution in [-0.2, 0) is 26.0 Å². The summed E-state index contributed by atoms with van der Waals surface area (Å²) in [5.74, 6) is -0.963. The predicted octanol–water partition coefficient (Wildman–Crippen LogP) is 2.46. The van der Waals surface area contributed by atoms with Crippen LogP contribution in [0.5, 0.6) is 0 Å². The van der Waals surface area contributed by atoms with Crippen LogP contribution in [0.4, 0.5) is 5.69 Å². The number of pyridine rings is 1. The minimum absolute atomic E-state index is 0.0448. The summed E-state index contributed by atoms with van der Waals surface area (Å²) in [6, 6.07) is 11.0. The van der Waals surface area contributed by atoms with E-state index in [0.29, 0.717) is 16.3 Å². The summed E-state index contributed by atoms with van der Waals surface area (Å²) in [7, 11) is -3.92. The van der Waals surface area contributed by atoms with Crippen molar-refractivity contribution >= 4 is 39.3 Å². The summed E-state index contributed by atoms with van der Waals surface area (Å²) in [6.07, 6.45) is 1.72. The highest BCUT2D eigenvalue weighted by Crippen LogP contribution is 2.22. The molecule has 0 saturated heterocycles. The van der Waals surface area contributed by atoms with Crippen LogP contribution in [0.3, 0.4) is 0 Å². The molecule has 152 valence electrons. The number of thioether (sulfide) groups is 1. The van der Waals surface area contributed by atoms with Crippen molar-refractivity contribution in [3.63, 3.8) is 0 Å². The SMILES string of the molecule is CCCc1ccc(C#N)c(SCC(=O)Nc2ccc(S(=O)(=O)NC(C)=O)cc2)n1. The van der Waals surface area contributed by atoms with Crippen LogP contribution in [0.2, 0.25) is 0 Å². The molecule has 10 heteroatoms. The Morgan fingerprint density at radius 1 is 1.17 bits per heavy atom. The summed E-state index contributed by atoms with van der Waals surface area (Å²) in [4.78, 5) is 27.5. The van der Waals surface area contributed by atoms with Crippen LogP contribution in [0, 0.1) is 11.3 Å². The molecule has 0 spiro atoms. The van der Waals surface area contributed by atoms with Crippen molar-refractivity contribution in [2.24, 2.45) is 0 Å². The van der Waals surface area contributed by atoms with Crippen LogP contribution >= 0.6 is 11.8 Å². The number of nitriles is 1. The lowest BCUT2D eigenvalue weighted by atomic mass is 10.2. The van der Waals surface area contributed by atoms with E-state index in [1.807, 2.05) is 17.7 Å². The maximum Gasteiger partial charge on any atom is 0.264 e. The molecule has 29 heavy (non-hydrogen) atoms. The standard InChI is InChI=1S/C19H20N4O4S2/c1-3-4-15-6-5-14(11-20)19(22-15)28-12-18(25)21-16-7-9-17(10-8-16)29(26,27)23-13(2)24/h5-10H,3-4,12H2,1-2H3,(H,21,25)(H,23,24). The summed E-state index contributed by atoms with van der Waals surface area (Å²) >= 11 is 1.16. The van der Waals surface area contributed by atoms with E-state index in [4.69, 9.17) is 0 Å². The van der Waals surface area contributed by atoms with Crippen LogP contribution in [0.25, 0.3) is 0 Å². The zero-order valence-electron chi connectivity index (χ0n) is 15.9. The van der Waals surface area contributed by atoms with Crippen molar-refractivity contribution in [2.75, 3.05) is 11.1 Å². The van der Waals surface area contributed by atoms with Gasteiger partial charge in [0.05, 0.1) is 16.2 Å². The molecule has 0 bridgehead atoms. The summed E-state index contributed by atoms with van der Waals surface area (Å²) in [5.41, 5.74) is 1.69. The smallest absolute Gasteiger partial charge is 0.264 e. The monoisotopic (exact) mass is 432 g/mol. The second-order valence-corrected chi connectivity index (χ2v) is 8.69. The van der Waals surface area contributed by atoms with E-state index < -0.39 is 15.9 Å². The van der Waals surface area contributed by atoms with Crippen molar-refractivity contribution in [1.29, 1.82) is 5.26 Å². The third-order valence-corrected chi connectivity index (χ3v) is 6.05. The van der Waals surface area contributed by atoms with Crippen LogP contribution in [-0.4, -0.2) is 31.0 Å². The average Bonchev–Trinajstić information content (AvgIpc) is 2.66. The molecule has 0 radical (unpaired) electrons. The summed E-state index contributed by atoms with van der Waals surface area (Å²) < 4.78 is 25.7. The maximum absolute atomic E-state index is 12.2. The number of aromatic nitrogens is 1. The molecular weight excluding hydrogens is 412 g/mol. The van der Waals surface area contributed by atoms with E-state index in [1.165, 1.54) is 24.3 Å². The lowest BCUT2D eigenvalue weighted by Gasteiger charge is -2.08. The fourth-order valence-corrected chi connectivity index (χ4v) is 4.15. The number of carbonyl (C=O) groups is 2. The highest BCUT2D eigenvalue weighted by atomic mass is 32.2. The van der Waals surface area contributed by atoms with E-state index in [9.17, 15) is 23.3 Å². The van der Waals surface area contributed by atoms with E-state index >= 15 is 0 Å². The third kappa shape index (κ3) is 6.58. The number of rotatable bonds is 8. The molecule has 2 amide bonds. The number of aryl methyl sites for hydroxylation is 1. The van der Waals surface area contributed by atoms with Crippen LogP contribution in [0.15, 0.2) is 46.3 Å². The van der Waals surface area contributed by atoms with E-state index in [-0.39, 0.29) is 16.6 Å². The molecule has 1 aromatic carbocycles. The number of sulfonamides is 1. The Morgan fingerprint density at radius 3 is 2.45 bits per heavy atom. The van der Waals surface area contributed by atoms with Gasteiger partial charge in [0, 0.05) is 18.3 Å². The van der Waals surface area contributed by atoms with Gasteiger partial charge in [-0.3, -0.25) is 9.59 Å². The molecule has 0 unspecified atom stereocenters. The largest absolute Gasteiger partial charge is 0.325 e. The number of anilines is 1. The Bertz CT molecular complexity index is 1040. The number of benzene rings is 1. The number of nitrogens with one attached hydrogen (secondary N) is 2. The minimum Gasteiger partial charge on any atom is -0.325 e. The van der Waals surface area contributed by atoms with Crippen LogP contribution < -0.4 is 10.0 Å². The normalized spacial score (nSPS) is 10.8. The highest BCUT2D eigenvalue weighted by Gasteiger charge is 2.15. The van der Waals surface area contributed by atoms with Gasteiger partial charge in [-0.25, -0.2) is 18.1 Å². The topological polar surface area (TPSA) is 129 Å². The van der Waals surface area contributed by atoms with Gasteiger partial charge in [0.25, 0.3) is 10.0 Å². The van der Waals surface area contributed by atoms with Crippen LogP contribution in [0.1, 0.15) is 31.5 Å². The Morgan fingerprint density at radius 2 is 1.86 bits per heavy atom. The van der Waals surface area contributed by atoms with Crippen molar-refractivity contribution in [2.45, 2.75) is 36.6 Å². The van der Waals surface area contributed by atoms with Gasteiger partial charge in [-0.15, -0.1) is 0 Å². The average molecular weight is 433 g/mol. The Hall–Kier alpha value is -2.90. The number of nitrogens with zero attached hydrogens (tertiary/aromatic N) is 2. The minimum atomic E-state index is -3.92. The van der Waals surface area contributed by atoms with Gasteiger partial charge in [0.15, 0.2) is 0 Å². The van der Waals surface area contributed by atoms with Gasteiger partial charge in [-0.05, 0) is 42.8 Å². The Balaban J connectivity index is 2.01. The molecule has 0 saturated carbocycles. The maximum atomic E-state index is 12.2. The zero-order chi connectivity index (χ0) is 21.4. The fourth-order valence-electron chi connectivity index (χ4n) is 2.37. The molecule has 0 fully saturated rings. The van der Waals surface area contributed by atoms with E-state index in [0.717, 1.165) is 37.2 Å². The first kappa shape index (κ1) is 22.4. The predicted molar refractivity (Wildman–Crippen MR) is 110 cm³/mol. The molecule has 1 heterocycles. The molecule has 2 aromatic rings. The number of amides is 2. The van der Waals surface area contributed by atoms with Crippen molar-refractivity contribution in [3.8, 4) is 6.07 Å². The second kappa shape index (κ2) is 10.0. The lowest BCUT2D eigenvalue weighted by molar-refractivity contribution is -0.117. The number of carbonyl (C=O) groups excluding carboxylic acids is 2. The molecule has 2 N–H and O–H groups in total. The number of hydrogen-bond donors (Lipinski definition) is 2. The van der Waals surface area contributed by atoms with Gasteiger partial charge >= 0.3 is 0 Å². The molecule has 1 aromatic heterocycles. The zero-order valence-corrected chi connectivity index (χ0v) is 17.6. The molecular formula is C19H20N4O4S2. The van der Waals surface area contributed by atoms with Gasteiger partial charge < -0.3 is 5.32 Å². The third-order valence-electron chi connectivity index (χ3n) is 3.61. The molecule has 0 aliphatic heterocycles. The molecule has 0 aliphatic rings. The highest BCUT2D eigenvalue weighted by molar-refractivity contribution is 8.00. The van der Waals surface area contributed by atoms with Gasteiger partial charge in [-0.2, -0.15) is 5.26 Å². The van der Waals surface area contributed by atoms with E-state index in [1.54, 1.807) is 6.07 Å². The van der Waals surface area contributed by atoms with Gasteiger partial charge in [0.1, 0.15) is 11.1 Å². The first-order valence-electron chi connectivity index (χ1n) is 8.71. The Kier molecular flexibility index (Phi) is 7.75. The van der Waals surface area contributed by atoms with Crippen molar-refractivity contribution < 1.29 is 18.0 Å². The first-order valence-corrected chi connectivity index (χ1v) is 11.2. The molecule has 0 aliphatic carbocycles. The first-order chi connectivity index (χ1) is 13.7. The molecule has 0 atom stereocenters. The lowest BCUT2D eigenvalue weighted by Crippen LogP contribution is -2.28. The second-order valence-electron chi connectivity index (χ2n) is 6.04. The van der Waals surface area contributed by atoms with Crippen molar-refractivity contribution in [3.05, 3.63) is 47.7 Å². The van der Waals surface area contributed by atoms with Gasteiger partial charge in [0.2, 0.25) is 11.8 Å².